The molecule has 1 saturated carbocycles. The van der Waals surface area contributed by atoms with Crippen molar-refractivity contribution in [2.75, 3.05) is 0 Å². The van der Waals surface area contributed by atoms with Crippen molar-refractivity contribution in [3.63, 3.8) is 0 Å². The molecule has 0 aromatic rings. The van der Waals surface area contributed by atoms with Gasteiger partial charge in [0.2, 0.25) is 0 Å². The zero-order valence-electron chi connectivity index (χ0n) is 10.2. The minimum absolute atomic E-state index is 0.400. The second-order valence-electron chi connectivity index (χ2n) is 5.45. The van der Waals surface area contributed by atoms with Gasteiger partial charge in [0.15, 0.2) is 5.41 Å². The van der Waals surface area contributed by atoms with Gasteiger partial charge >= 0.3 is 11.9 Å². The number of rotatable bonds is 2. The van der Waals surface area contributed by atoms with Crippen LogP contribution in [0.4, 0.5) is 0 Å². The fraction of sp³-hybridized carbons (Fsp3) is 0.833. The van der Waals surface area contributed by atoms with Crippen LogP contribution in [0, 0.1) is 5.41 Å². The summed E-state index contributed by atoms with van der Waals surface area (Å²) in [5, 5.41) is 9.26. The van der Waals surface area contributed by atoms with E-state index < -0.39 is 23.0 Å². The number of hydrogen-bond donors (Lipinski definition) is 1. The van der Waals surface area contributed by atoms with E-state index in [9.17, 15) is 14.7 Å². The molecule has 0 amide bonds. The predicted octanol–water partition coefficient (Wildman–Crippen LogP) is 2.36. The third-order valence-electron chi connectivity index (χ3n) is 2.91. The molecule has 0 aliphatic heterocycles. The van der Waals surface area contributed by atoms with Crippen LogP contribution in [0.15, 0.2) is 0 Å². The molecule has 1 fully saturated rings. The monoisotopic (exact) mass is 228 g/mol. The van der Waals surface area contributed by atoms with Crippen LogP contribution in [-0.4, -0.2) is 22.6 Å². The molecule has 0 spiro atoms. The topological polar surface area (TPSA) is 63.6 Å². The lowest BCUT2D eigenvalue weighted by Crippen LogP contribution is -2.44. The molecule has 0 aromatic carbocycles. The van der Waals surface area contributed by atoms with Crippen LogP contribution in [-0.2, 0) is 14.3 Å². The third-order valence-corrected chi connectivity index (χ3v) is 2.91. The second-order valence-corrected chi connectivity index (χ2v) is 5.45. The molecule has 0 saturated heterocycles. The number of ether oxygens (including phenoxy) is 1. The van der Waals surface area contributed by atoms with Gasteiger partial charge in [-0.2, -0.15) is 0 Å². The number of carboxylic acid groups (broad SMARTS) is 1. The maximum absolute atomic E-state index is 12.0. The van der Waals surface area contributed by atoms with Gasteiger partial charge in [0.05, 0.1) is 0 Å². The van der Waals surface area contributed by atoms with E-state index in [0.29, 0.717) is 12.8 Å². The van der Waals surface area contributed by atoms with Gasteiger partial charge in [-0.25, -0.2) is 0 Å². The van der Waals surface area contributed by atoms with Crippen LogP contribution < -0.4 is 0 Å². The van der Waals surface area contributed by atoms with E-state index in [4.69, 9.17) is 4.74 Å². The van der Waals surface area contributed by atoms with Gasteiger partial charge in [-0.05, 0) is 33.6 Å². The summed E-state index contributed by atoms with van der Waals surface area (Å²) in [7, 11) is 0. The van der Waals surface area contributed by atoms with Crippen molar-refractivity contribution in [1.29, 1.82) is 0 Å². The van der Waals surface area contributed by atoms with E-state index in [1.54, 1.807) is 20.8 Å². The number of hydrogen-bond acceptors (Lipinski definition) is 3. The Labute approximate surface area is 96.0 Å². The molecule has 0 heterocycles. The van der Waals surface area contributed by atoms with E-state index >= 15 is 0 Å². The van der Waals surface area contributed by atoms with E-state index in [0.717, 1.165) is 19.3 Å². The summed E-state index contributed by atoms with van der Waals surface area (Å²) >= 11 is 0. The van der Waals surface area contributed by atoms with Crippen molar-refractivity contribution < 1.29 is 19.4 Å². The quantitative estimate of drug-likeness (QED) is 0.582. The second kappa shape index (κ2) is 4.44. The van der Waals surface area contributed by atoms with Crippen molar-refractivity contribution in [2.45, 2.75) is 58.5 Å². The zero-order valence-corrected chi connectivity index (χ0v) is 10.2. The highest BCUT2D eigenvalue weighted by Crippen LogP contribution is 2.38. The van der Waals surface area contributed by atoms with Gasteiger partial charge in [-0.1, -0.05) is 19.3 Å². The highest BCUT2D eigenvalue weighted by Gasteiger charge is 2.49. The first-order valence-electron chi connectivity index (χ1n) is 5.75. The molecule has 0 radical (unpaired) electrons. The number of carbonyl (C=O) groups is 2. The van der Waals surface area contributed by atoms with Gasteiger partial charge < -0.3 is 9.84 Å². The van der Waals surface area contributed by atoms with Crippen LogP contribution in [0.5, 0.6) is 0 Å². The Balaban J connectivity index is 2.85. The minimum Gasteiger partial charge on any atom is -0.480 e. The lowest BCUT2D eigenvalue weighted by Gasteiger charge is -2.33. The van der Waals surface area contributed by atoms with Gasteiger partial charge in [-0.3, -0.25) is 9.59 Å². The van der Waals surface area contributed by atoms with E-state index in [2.05, 4.69) is 0 Å². The van der Waals surface area contributed by atoms with Crippen molar-refractivity contribution >= 4 is 11.9 Å². The summed E-state index contributed by atoms with van der Waals surface area (Å²) < 4.78 is 5.22. The standard InChI is InChI=1S/C12H20O4/c1-11(2,3)16-10(15)12(9(13)14)7-5-4-6-8-12/h4-8H2,1-3H3,(H,13,14). The molecule has 4 heteroatoms. The van der Waals surface area contributed by atoms with Crippen LogP contribution in [0.25, 0.3) is 0 Å². The van der Waals surface area contributed by atoms with Crippen molar-refractivity contribution in [1.82, 2.24) is 0 Å². The molecule has 1 rings (SSSR count). The SMILES string of the molecule is CC(C)(C)OC(=O)C1(C(=O)O)CCCCC1. The van der Waals surface area contributed by atoms with Gasteiger partial charge in [0.25, 0.3) is 0 Å². The summed E-state index contributed by atoms with van der Waals surface area (Å²) in [6.07, 6.45) is 3.36. The Morgan fingerprint density at radius 1 is 1.12 bits per heavy atom. The molecule has 92 valence electrons. The first-order valence-corrected chi connectivity index (χ1v) is 5.75. The largest absolute Gasteiger partial charge is 0.480 e. The number of carboxylic acids is 1. The van der Waals surface area contributed by atoms with E-state index in [-0.39, 0.29) is 0 Å². The molecule has 1 aliphatic carbocycles. The first-order chi connectivity index (χ1) is 7.28. The highest BCUT2D eigenvalue weighted by atomic mass is 16.6. The summed E-state index contributed by atoms with van der Waals surface area (Å²) in [6.45, 7) is 5.26. The predicted molar refractivity (Wildman–Crippen MR) is 59.0 cm³/mol. The maximum Gasteiger partial charge on any atom is 0.323 e. The minimum atomic E-state index is -1.30. The summed E-state index contributed by atoms with van der Waals surface area (Å²) in [5.74, 6) is -1.62. The molecular formula is C12H20O4. The van der Waals surface area contributed by atoms with Gasteiger partial charge in [-0.15, -0.1) is 0 Å². The average molecular weight is 228 g/mol. The van der Waals surface area contributed by atoms with E-state index in [1.807, 2.05) is 0 Å². The molecule has 0 bridgehead atoms. The Hall–Kier alpha value is -1.06. The van der Waals surface area contributed by atoms with E-state index in [1.165, 1.54) is 0 Å². The molecule has 16 heavy (non-hydrogen) atoms. The molecule has 0 unspecified atom stereocenters. The fourth-order valence-electron chi connectivity index (χ4n) is 2.04. The number of aliphatic carboxylic acids is 1. The Morgan fingerprint density at radius 3 is 2.00 bits per heavy atom. The normalized spacial score (nSPS) is 20.2. The van der Waals surface area contributed by atoms with Crippen LogP contribution in [0.1, 0.15) is 52.9 Å². The zero-order chi connectivity index (χ0) is 12.4. The Morgan fingerprint density at radius 2 is 1.62 bits per heavy atom. The Kier molecular flexibility index (Phi) is 3.61. The van der Waals surface area contributed by atoms with Crippen molar-refractivity contribution in [2.24, 2.45) is 5.41 Å². The van der Waals surface area contributed by atoms with Gasteiger partial charge in [0, 0.05) is 0 Å². The lowest BCUT2D eigenvalue weighted by molar-refractivity contribution is -0.179. The highest BCUT2D eigenvalue weighted by molar-refractivity contribution is 5.99. The van der Waals surface area contributed by atoms with Crippen molar-refractivity contribution in [3.8, 4) is 0 Å². The number of carbonyl (C=O) groups excluding carboxylic acids is 1. The first kappa shape index (κ1) is 13.0. The fourth-order valence-corrected chi connectivity index (χ4v) is 2.04. The molecule has 0 aromatic heterocycles. The molecular weight excluding hydrogens is 208 g/mol. The molecule has 1 N–H and O–H groups in total. The third kappa shape index (κ3) is 2.74. The number of esters is 1. The maximum atomic E-state index is 12.0. The summed E-state index contributed by atoms with van der Waals surface area (Å²) in [5.41, 5.74) is -1.93. The molecule has 4 nitrogen and oxygen atoms in total. The van der Waals surface area contributed by atoms with Gasteiger partial charge in [0.1, 0.15) is 5.60 Å². The van der Waals surface area contributed by atoms with Crippen LogP contribution >= 0.6 is 0 Å². The molecule has 0 atom stereocenters. The average Bonchev–Trinajstić information content (AvgIpc) is 2.16. The smallest absolute Gasteiger partial charge is 0.323 e. The van der Waals surface area contributed by atoms with Crippen molar-refractivity contribution in [3.05, 3.63) is 0 Å². The molecule has 1 aliphatic rings. The van der Waals surface area contributed by atoms with Crippen LogP contribution in [0.2, 0.25) is 0 Å². The van der Waals surface area contributed by atoms with Crippen LogP contribution in [0.3, 0.4) is 0 Å². The summed E-state index contributed by atoms with van der Waals surface area (Å²) in [4.78, 5) is 23.3. The Bertz CT molecular complexity index is 282. The summed E-state index contributed by atoms with van der Waals surface area (Å²) in [6, 6.07) is 0. The lowest BCUT2D eigenvalue weighted by atomic mass is 9.74.